The van der Waals surface area contributed by atoms with E-state index in [4.69, 9.17) is 0 Å². The summed E-state index contributed by atoms with van der Waals surface area (Å²) in [5.74, 6) is 0.117. The minimum Gasteiger partial charge on any atom is -0.368 e. The summed E-state index contributed by atoms with van der Waals surface area (Å²) in [5, 5.41) is 4.58. The molecule has 2 aromatic heterocycles. The maximum Gasteiger partial charge on any atom is 0.276 e. The highest BCUT2D eigenvalue weighted by molar-refractivity contribution is 5.76. The van der Waals surface area contributed by atoms with Gasteiger partial charge in [-0.05, 0) is 50.3 Å². The molecule has 7 nitrogen and oxygen atoms in total. The summed E-state index contributed by atoms with van der Waals surface area (Å²) >= 11 is 0. The smallest absolute Gasteiger partial charge is 0.276 e. The second kappa shape index (κ2) is 8.21. The molecular weight excluding hydrogens is 390 g/mol. The third-order valence-corrected chi connectivity index (χ3v) is 6.60. The standard InChI is InChI=1S/C24H29N5O2/c1-18-5-4-6-19(17-18)26-11-13-27(14-12-26)22(30)9-10-28-15-16-29-23(24(28)31)20-7-2-3-8-21(20)25-29/h4-6,15-17H,2-3,7-14H2,1H3. The Morgan fingerprint density at radius 1 is 1.06 bits per heavy atom. The van der Waals surface area contributed by atoms with Crippen LogP contribution in [0.4, 0.5) is 5.69 Å². The average Bonchev–Trinajstić information content (AvgIpc) is 3.18. The summed E-state index contributed by atoms with van der Waals surface area (Å²) in [5.41, 5.74) is 5.29. The second-order valence-corrected chi connectivity index (χ2v) is 8.68. The van der Waals surface area contributed by atoms with E-state index in [0.717, 1.165) is 63.1 Å². The maximum atomic E-state index is 13.0. The predicted molar refractivity (Wildman–Crippen MR) is 121 cm³/mol. The molecule has 0 spiro atoms. The molecule has 5 rings (SSSR count). The fourth-order valence-electron chi connectivity index (χ4n) is 4.84. The molecule has 0 atom stereocenters. The van der Waals surface area contributed by atoms with E-state index in [1.165, 1.54) is 11.3 Å². The van der Waals surface area contributed by atoms with Crippen LogP contribution >= 0.6 is 0 Å². The monoisotopic (exact) mass is 419 g/mol. The van der Waals surface area contributed by atoms with E-state index < -0.39 is 0 Å². The molecular formula is C24H29N5O2. The second-order valence-electron chi connectivity index (χ2n) is 8.68. The van der Waals surface area contributed by atoms with Crippen LogP contribution in [0.5, 0.6) is 0 Å². The summed E-state index contributed by atoms with van der Waals surface area (Å²) in [4.78, 5) is 30.1. The van der Waals surface area contributed by atoms with Crippen LogP contribution in [0.3, 0.4) is 0 Å². The first kappa shape index (κ1) is 19.8. The highest BCUT2D eigenvalue weighted by Gasteiger charge is 2.22. The van der Waals surface area contributed by atoms with Crippen molar-refractivity contribution >= 4 is 17.1 Å². The van der Waals surface area contributed by atoms with E-state index in [-0.39, 0.29) is 11.5 Å². The van der Waals surface area contributed by atoms with Crippen LogP contribution in [-0.2, 0) is 24.2 Å². The van der Waals surface area contributed by atoms with E-state index in [1.54, 1.807) is 15.3 Å². The zero-order valence-electron chi connectivity index (χ0n) is 18.1. The molecule has 1 aliphatic heterocycles. The quantitative estimate of drug-likeness (QED) is 0.652. The molecule has 162 valence electrons. The van der Waals surface area contributed by atoms with Crippen molar-refractivity contribution in [3.63, 3.8) is 0 Å². The van der Waals surface area contributed by atoms with Gasteiger partial charge >= 0.3 is 0 Å². The number of amides is 1. The minimum absolute atomic E-state index is 0.0322. The lowest BCUT2D eigenvalue weighted by molar-refractivity contribution is -0.131. The van der Waals surface area contributed by atoms with Crippen LogP contribution in [0, 0.1) is 6.92 Å². The minimum atomic E-state index is -0.0322. The van der Waals surface area contributed by atoms with E-state index >= 15 is 0 Å². The number of hydrogen-bond acceptors (Lipinski definition) is 4. The molecule has 0 radical (unpaired) electrons. The zero-order valence-corrected chi connectivity index (χ0v) is 18.1. The molecule has 1 amide bonds. The molecule has 7 heteroatoms. The number of aromatic nitrogens is 3. The Balaban J connectivity index is 1.22. The number of aryl methyl sites for hydroxylation is 4. The Morgan fingerprint density at radius 2 is 1.87 bits per heavy atom. The first-order valence-corrected chi connectivity index (χ1v) is 11.3. The molecule has 0 unspecified atom stereocenters. The third kappa shape index (κ3) is 3.84. The molecule has 1 saturated heterocycles. The van der Waals surface area contributed by atoms with Crippen molar-refractivity contribution in [2.75, 3.05) is 31.1 Å². The number of rotatable bonds is 4. The molecule has 2 aliphatic rings. The van der Waals surface area contributed by atoms with Gasteiger partial charge in [0, 0.05) is 62.8 Å². The van der Waals surface area contributed by atoms with Crippen LogP contribution in [-0.4, -0.2) is 51.2 Å². The van der Waals surface area contributed by atoms with Gasteiger partial charge in [0.05, 0.1) is 5.69 Å². The number of carbonyl (C=O) groups is 1. The summed E-state index contributed by atoms with van der Waals surface area (Å²) in [6, 6.07) is 8.49. The number of hydrogen-bond donors (Lipinski definition) is 0. The van der Waals surface area contributed by atoms with Crippen molar-refractivity contribution in [1.82, 2.24) is 19.1 Å². The maximum absolute atomic E-state index is 13.0. The van der Waals surface area contributed by atoms with Gasteiger partial charge in [-0.15, -0.1) is 0 Å². The number of carbonyl (C=O) groups excluding carboxylic acids is 1. The molecule has 31 heavy (non-hydrogen) atoms. The lowest BCUT2D eigenvalue weighted by Crippen LogP contribution is -2.49. The molecule has 1 aromatic carbocycles. The van der Waals surface area contributed by atoms with Crippen LogP contribution in [0.1, 0.15) is 36.1 Å². The van der Waals surface area contributed by atoms with Gasteiger partial charge in [-0.25, -0.2) is 4.52 Å². The Labute approximate surface area is 181 Å². The van der Waals surface area contributed by atoms with Gasteiger partial charge in [-0.1, -0.05) is 12.1 Å². The highest BCUT2D eigenvalue weighted by Crippen LogP contribution is 2.23. The van der Waals surface area contributed by atoms with E-state index in [0.29, 0.717) is 18.5 Å². The van der Waals surface area contributed by atoms with Gasteiger partial charge in [-0.2, -0.15) is 5.10 Å². The summed E-state index contributed by atoms with van der Waals surface area (Å²) in [6.45, 7) is 5.62. The normalized spacial score (nSPS) is 16.5. The van der Waals surface area contributed by atoms with Crippen molar-refractivity contribution in [1.29, 1.82) is 0 Å². The molecule has 0 bridgehead atoms. The van der Waals surface area contributed by atoms with Gasteiger partial charge in [0.15, 0.2) is 0 Å². The summed E-state index contributed by atoms with van der Waals surface area (Å²) in [7, 11) is 0. The van der Waals surface area contributed by atoms with Crippen molar-refractivity contribution in [3.05, 3.63) is 63.8 Å². The first-order chi connectivity index (χ1) is 15.1. The van der Waals surface area contributed by atoms with Crippen molar-refractivity contribution in [2.45, 2.75) is 45.6 Å². The number of nitrogens with zero attached hydrogens (tertiary/aromatic N) is 5. The summed E-state index contributed by atoms with van der Waals surface area (Å²) in [6.07, 6.45) is 8.06. The van der Waals surface area contributed by atoms with E-state index in [2.05, 4.69) is 41.2 Å². The van der Waals surface area contributed by atoms with Crippen LogP contribution in [0.25, 0.3) is 5.52 Å². The Bertz CT molecular complexity index is 1170. The fourth-order valence-corrected chi connectivity index (χ4v) is 4.84. The molecule has 3 heterocycles. The van der Waals surface area contributed by atoms with Crippen LogP contribution in [0.2, 0.25) is 0 Å². The average molecular weight is 420 g/mol. The highest BCUT2D eigenvalue weighted by atomic mass is 16.2. The van der Waals surface area contributed by atoms with Gasteiger partial charge < -0.3 is 14.4 Å². The molecule has 0 saturated carbocycles. The van der Waals surface area contributed by atoms with Crippen molar-refractivity contribution < 1.29 is 4.79 Å². The first-order valence-electron chi connectivity index (χ1n) is 11.3. The van der Waals surface area contributed by atoms with Gasteiger partial charge in [-0.3, -0.25) is 9.59 Å². The Morgan fingerprint density at radius 3 is 2.68 bits per heavy atom. The van der Waals surface area contributed by atoms with E-state index in [1.807, 2.05) is 11.1 Å². The molecule has 1 aliphatic carbocycles. The van der Waals surface area contributed by atoms with E-state index in [9.17, 15) is 9.59 Å². The SMILES string of the molecule is Cc1cccc(N2CCN(C(=O)CCn3ccn4nc5c(c4c3=O)CCCC5)CC2)c1. The number of benzene rings is 1. The summed E-state index contributed by atoms with van der Waals surface area (Å²) < 4.78 is 3.40. The number of anilines is 1. The topological polar surface area (TPSA) is 62.9 Å². The van der Waals surface area contributed by atoms with Crippen molar-refractivity contribution in [2.24, 2.45) is 0 Å². The lowest BCUT2D eigenvalue weighted by Gasteiger charge is -2.36. The largest absolute Gasteiger partial charge is 0.368 e. The third-order valence-electron chi connectivity index (χ3n) is 6.60. The van der Waals surface area contributed by atoms with Gasteiger partial charge in [0.1, 0.15) is 5.52 Å². The Kier molecular flexibility index (Phi) is 5.26. The molecule has 3 aromatic rings. The Hall–Kier alpha value is -3.09. The van der Waals surface area contributed by atoms with Gasteiger partial charge in [0.2, 0.25) is 5.91 Å². The number of piperazine rings is 1. The zero-order chi connectivity index (χ0) is 21.4. The molecule has 1 fully saturated rings. The van der Waals surface area contributed by atoms with Crippen LogP contribution < -0.4 is 10.5 Å². The van der Waals surface area contributed by atoms with Gasteiger partial charge in [0.25, 0.3) is 5.56 Å². The van der Waals surface area contributed by atoms with Crippen LogP contribution in [0.15, 0.2) is 41.5 Å². The van der Waals surface area contributed by atoms with Crippen molar-refractivity contribution in [3.8, 4) is 0 Å². The fraction of sp³-hybridized carbons (Fsp3) is 0.458. The number of fused-ring (bicyclic) bond motifs is 3. The molecule has 0 N–H and O–H groups in total. The predicted octanol–water partition coefficient (Wildman–Crippen LogP) is 2.42. The lowest BCUT2D eigenvalue weighted by atomic mass is 9.97.